The number of rotatable bonds is 5. The highest BCUT2D eigenvalue weighted by Crippen LogP contribution is 2.03. The summed E-state index contributed by atoms with van der Waals surface area (Å²) in [6, 6.07) is 5.47. The summed E-state index contributed by atoms with van der Waals surface area (Å²) in [4.78, 5) is 18.6. The Balaban J connectivity index is 1.76. The molecular weight excluding hydrogens is 301 g/mol. The third-order valence-corrected chi connectivity index (χ3v) is 3.51. The largest absolute Gasteiger partial charge is 0.468 e. The van der Waals surface area contributed by atoms with E-state index in [1.165, 1.54) is 31.4 Å². The van der Waals surface area contributed by atoms with Gasteiger partial charge in [0.1, 0.15) is 5.82 Å². The summed E-state index contributed by atoms with van der Waals surface area (Å²) >= 11 is 0. The zero-order chi connectivity index (χ0) is 16.5. The molecule has 1 fully saturated rings. The van der Waals surface area contributed by atoms with Gasteiger partial charge in [0.15, 0.2) is 0 Å². The molecule has 1 aromatic rings. The minimum atomic E-state index is -0.384. The topological polar surface area (TPSA) is 63.2 Å². The van der Waals surface area contributed by atoms with Crippen molar-refractivity contribution in [3.8, 4) is 0 Å². The molecule has 1 amide bonds. The Kier molecular flexibility index (Phi) is 6.96. The average Bonchev–Trinajstić information content (AvgIpc) is 2.59. The lowest BCUT2D eigenvalue weighted by Gasteiger charge is -2.26. The second-order valence-electron chi connectivity index (χ2n) is 5.16. The molecule has 1 aliphatic heterocycles. The van der Waals surface area contributed by atoms with Crippen molar-refractivity contribution >= 4 is 11.9 Å². The minimum Gasteiger partial charge on any atom is -0.468 e. The molecule has 6 nitrogen and oxygen atoms in total. The van der Waals surface area contributed by atoms with Crippen LogP contribution < -0.4 is 5.32 Å². The highest BCUT2D eigenvalue weighted by molar-refractivity contribution is 6.04. The Bertz CT molecular complexity index is 528. The first-order chi connectivity index (χ1) is 11.2. The third kappa shape index (κ3) is 5.96. The van der Waals surface area contributed by atoms with E-state index in [1.54, 1.807) is 0 Å². The number of carbonyl (C=O) groups excluding carboxylic acids is 1. The Morgan fingerprint density at radius 1 is 1.35 bits per heavy atom. The number of nitrogens with one attached hydrogen (secondary N) is 1. The van der Waals surface area contributed by atoms with Crippen LogP contribution in [0.1, 0.15) is 16.8 Å². The Hall–Kier alpha value is -1.99. The lowest BCUT2D eigenvalue weighted by Crippen LogP contribution is -2.37. The molecule has 1 N–H and O–H groups in total. The van der Waals surface area contributed by atoms with Crippen LogP contribution in [0.25, 0.3) is 0 Å². The van der Waals surface area contributed by atoms with Crippen molar-refractivity contribution in [1.82, 2.24) is 10.2 Å². The molecule has 0 radical (unpaired) electrons. The zero-order valence-electron chi connectivity index (χ0n) is 13.3. The Morgan fingerprint density at radius 3 is 2.70 bits per heavy atom. The van der Waals surface area contributed by atoms with Crippen molar-refractivity contribution in [2.45, 2.75) is 6.42 Å². The van der Waals surface area contributed by atoms with E-state index in [9.17, 15) is 9.18 Å². The first kappa shape index (κ1) is 17.4. The summed E-state index contributed by atoms with van der Waals surface area (Å²) in [5, 5.41) is 2.57. The number of benzene rings is 1. The number of nitrogens with zero attached hydrogens (tertiary/aromatic N) is 2. The van der Waals surface area contributed by atoms with Gasteiger partial charge in [-0.25, -0.2) is 9.38 Å². The number of amides is 1. The second kappa shape index (κ2) is 9.22. The second-order valence-corrected chi connectivity index (χ2v) is 5.16. The van der Waals surface area contributed by atoms with Crippen LogP contribution in [-0.2, 0) is 9.47 Å². The average molecular weight is 323 g/mol. The molecule has 1 aromatic carbocycles. The van der Waals surface area contributed by atoms with E-state index in [1.807, 2.05) is 0 Å². The van der Waals surface area contributed by atoms with E-state index in [2.05, 4.69) is 15.2 Å². The van der Waals surface area contributed by atoms with Crippen LogP contribution in [0.4, 0.5) is 4.39 Å². The lowest BCUT2D eigenvalue weighted by atomic mass is 10.2. The first-order valence-corrected chi connectivity index (χ1v) is 7.64. The van der Waals surface area contributed by atoms with Crippen LogP contribution in [0, 0.1) is 5.82 Å². The van der Waals surface area contributed by atoms with Crippen LogP contribution in [0.2, 0.25) is 0 Å². The number of amidine groups is 1. The number of carbonyl (C=O) groups is 1. The normalized spacial score (nSPS) is 16.2. The molecule has 0 aliphatic carbocycles. The van der Waals surface area contributed by atoms with E-state index in [0.29, 0.717) is 12.1 Å². The van der Waals surface area contributed by atoms with Gasteiger partial charge in [-0.2, -0.15) is 0 Å². The molecule has 0 bridgehead atoms. The Morgan fingerprint density at radius 2 is 2.04 bits per heavy atom. The number of methoxy groups -OCH3 is 1. The molecule has 7 heteroatoms. The molecule has 0 spiro atoms. The predicted molar refractivity (Wildman–Crippen MR) is 85.1 cm³/mol. The van der Waals surface area contributed by atoms with E-state index in [0.717, 1.165) is 39.3 Å². The number of aliphatic imine (C=N–C) groups is 1. The van der Waals surface area contributed by atoms with Crippen molar-refractivity contribution in [2.75, 3.05) is 46.5 Å². The maximum Gasteiger partial charge on any atom is 0.291 e. The molecule has 1 saturated heterocycles. The zero-order valence-corrected chi connectivity index (χ0v) is 13.3. The summed E-state index contributed by atoms with van der Waals surface area (Å²) in [6.45, 7) is 4.95. The van der Waals surface area contributed by atoms with Crippen molar-refractivity contribution in [2.24, 2.45) is 4.99 Å². The van der Waals surface area contributed by atoms with Crippen LogP contribution in [-0.4, -0.2) is 63.3 Å². The minimum absolute atomic E-state index is 0.168. The smallest absolute Gasteiger partial charge is 0.291 e. The molecule has 126 valence electrons. The van der Waals surface area contributed by atoms with E-state index in [4.69, 9.17) is 9.47 Å². The van der Waals surface area contributed by atoms with Crippen LogP contribution in [0.5, 0.6) is 0 Å². The number of morpholine rings is 1. The number of ether oxygens (including phenoxy) is 2. The fourth-order valence-electron chi connectivity index (χ4n) is 2.23. The van der Waals surface area contributed by atoms with Gasteiger partial charge >= 0.3 is 0 Å². The fourth-order valence-corrected chi connectivity index (χ4v) is 2.23. The maximum absolute atomic E-state index is 12.8. The quantitative estimate of drug-likeness (QED) is 0.504. The van der Waals surface area contributed by atoms with Crippen LogP contribution in [0.15, 0.2) is 29.3 Å². The molecular formula is C16H22FN3O3. The van der Waals surface area contributed by atoms with E-state index in [-0.39, 0.29) is 17.7 Å². The lowest BCUT2D eigenvalue weighted by molar-refractivity contribution is 0.0377. The maximum atomic E-state index is 12.8. The summed E-state index contributed by atoms with van der Waals surface area (Å²) in [5.41, 5.74) is 0.351. The highest BCUT2D eigenvalue weighted by atomic mass is 19.1. The van der Waals surface area contributed by atoms with Crippen LogP contribution in [0.3, 0.4) is 0 Å². The van der Waals surface area contributed by atoms with Gasteiger partial charge in [-0.15, -0.1) is 0 Å². The van der Waals surface area contributed by atoms with Gasteiger partial charge < -0.3 is 9.47 Å². The summed E-state index contributed by atoms with van der Waals surface area (Å²) < 4.78 is 23.2. The standard InChI is InChI=1S/C16H22FN3O3/c1-22-16(18-7-2-8-20-9-11-23-12-10-20)19-15(21)13-3-5-14(17)6-4-13/h3-6H,2,7-12H2,1H3,(H,18,19,21). The third-order valence-electron chi connectivity index (χ3n) is 3.51. The van der Waals surface area contributed by atoms with Gasteiger partial charge in [-0.3, -0.25) is 15.0 Å². The van der Waals surface area contributed by atoms with Crippen LogP contribution >= 0.6 is 0 Å². The number of hydrogen-bond donors (Lipinski definition) is 1. The molecule has 2 rings (SSSR count). The van der Waals surface area contributed by atoms with E-state index < -0.39 is 0 Å². The van der Waals surface area contributed by atoms with Gasteiger partial charge in [0.05, 0.1) is 20.3 Å². The first-order valence-electron chi connectivity index (χ1n) is 7.64. The van der Waals surface area contributed by atoms with E-state index >= 15 is 0 Å². The summed E-state index contributed by atoms with van der Waals surface area (Å²) in [7, 11) is 1.45. The summed E-state index contributed by atoms with van der Waals surface area (Å²) in [6.07, 6.45) is 0.874. The molecule has 0 atom stereocenters. The molecule has 0 saturated carbocycles. The number of hydrogen-bond acceptors (Lipinski definition) is 5. The predicted octanol–water partition coefficient (Wildman–Crippen LogP) is 1.28. The van der Waals surface area contributed by atoms with Crippen molar-refractivity contribution in [1.29, 1.82) is 0 Å². The van der Waals surface area contributed by atoms with Crippen molar-refractivity contribution in [3.05, 3.63) is 35.6 Å². The number of halogens is 1. The van der Waals surface area contributed by atoms with Gasteiger partial charge in [-0.05, 0) is 30.7 Å². The van der Waals surface area contributed by atoms with Gasteiger partial charge in [0.25, 0.3) is 11.9 Å². The molecule has 1 heterocycles. The molecule has 23 heavy (non-hydrogen) atoms. The monoisotopic (exact) mass is 323 g/mol. The molecule has 0 aromatic heterocycles. The Labute approximate surface area is 135 Å². The van der Waals surface area contributed by atoms with Crippen molar-refractivity contribution in [3.63, 3.8) is 0 Å². The molecule has 0 unspecified atom stereocenters. The SMILES string of the molecule is COC(=NCCCN1CCOCC1)NC(=O)c1ccc(F)cc1. The van der Waals surface area contributed by atoms with Gasteiger partial charge in [-0.1, -0.05) is 0 Å². The van der Waals surface area contributed by atoms with Gasteiger partial charge in [0, 0.05) is 31.7 Å². The highest BCUT2D eigenvalue weighted by Gasteiger charge is 2.11. The van der Waals surface area contributed by atoms with Gasteiger partial charge in [0.2, 0.25) is 0 Å². The summed E-state index contributed by atoms with van der Waals surface area (Å²) in [5.74, 6) is -0.760. The fraction of sp³-hybridized carbons (Fsp3) is 0.500. The molecule has 1 aliphatic rings. The van der Waals surface area contributed by atoms with Crippen molar-refractivity contribution < 1.29 is 18.7 Å².